The van der Waals surface area contributed by atoms with Crippen molar-refractivity contribution >= 4 is 17.2 Å². The molecule has 0 aliphatic rings. The molecule has 0 saturated carbocycles. The molecule has 2 aromatic heterocycles. The van der Waals surface area contributed by atoms with Gasteiger partial charge in [0.05, 0.1) is 6.26 Å². The van der Waals surface area contributed by atoms with Gasteiger partial charge in [0.25, 0.3) is 5.91 Å². The Hall–Kier alpha value is -1.66. The molecule has 6 heteroatoms. The minimum Gasteiger partial charge on any atom is -0.472 e. The van der Waals surface area contributed by atoms with Gasteiger partial charge in [0.15, 0.2) is 0 Å². The summed E-state index contributed by atoms with van der Waals surface area (Å²) in [7, 11) is 0. The molecule has 1 amide bonds. The van der Waals surface area contributed by atoms with Gasteiger partial charge in [-0.3, -0.25) is 4.79 Å². The number of hydrogen-bond acceptors (Lipinski definition) is 5. The largest absolute Gasteiger partial charge is 0.472 e. The summed E-state index contributed by atoms with van der Waals surface area (Å²) < 4.78 is 4.99. The first-order valence-corrected chi connectivity index (χ1v) is 6.98. The number of aliphatic hydroxyl groups is 1. The first kappa shape index (κ1) is 13.8. The Morgan fingerprint density at radius 3 is 3.16 bits per heavy atom. The predicted molar refractivity (Wildman–Crippen MR) is 73.1 cm³/mol. The van der Waals surface area contributed by atoms with Crippen LogP contribution in [0.4, 0.5) is 0 Å². The van der Waals surface area contributed by atoms with Crippen LogP contribution >= 0.6 is 11.3 Å². The minimum atomic E-state index is -0.184. The van der Waals surface area contributed by atoms with Gasteiger partial charge in [-0.25, -0.2) is 4.98 Å². The van der Waals surface area contributed by atoms with Gasteiger partial charge in [-0.2, -0.15) is 0 Å². The summed E-state index contributed by atoms with van der Waals surface area (Å²) in [5, 5.41) is 14.1. The highest BCUT2D eigenvalue weighted by atomic mass is 32.1. The summed E-state index contributed by atoms with van der Waals surface area (Å²) in [5.74, 6) is -0.184. The Labute approximate surface area is 115 Å². The summed E-state index contributed by atoms with van der Waals surface area (Å²) in [4.78, 5) is 16.2. The van der Waals surface area contributed by atoms with Crippen LogP contribution < -0.4 is 5.32 Å². The molecular formula is C13H16N2O3S. The van der Waals surface area contributed by atoms with E-state index >= 15 is 0 Å². The lowest BCUT2D eigenvalue weighted by molar-refractivity contribution is 0.0932. The van der Waals surface area contributed by atoms with Crippen molar-refractivity contribution in [1.82, 2.24) is 10.3 Å². The molecule has 0 aliphatic heterocycles. The topological polar surface area (TPSA) is 75.4 Å². The molecular weight excluding hydrogens is 264 g/mol. The summed E-state index contributed by atoms with van der Waals surface area (Å²) >= 11 is 1.41. The van der Waals surface area contributed by atoms with E-state index in [1.54, 1.807) is 17.9 Å². The van der Waals surface area contributed by atoms with Gasteiger partial charge < -0.3 is 14.8 Å². The van der Waals surface area contributed by atoms with E-state index in [2.05, 4.69) is 10.3 Å². The van der Waals surface area contributed by atoms with Crippen molar-refractivity contribution in [2.24, 2.45) is 0 Å². The zero-order chi connectivity index (χ0) is 13.7. The fourth-order valence-electron chi connectivity index (χ4n) is 1.66. The third-order valence-corrected chi connectivity index (χ3v) is 3.57. The number of nitrogens with one attached hydrogen (secondary N) is 1. The number of carbonyl (C=O) groups is 1. The van der Waals surface area contributed by atoms with Crippen molar-refractivity contribution in [2.75, 3.05) is 6.61 Å². The molecule has 102 valence electrons. The molecule has 19 heavy (non-hydrogen) atoms. The van der Waals surface area contributed by atoms with Gasteiger partial charge in [0.2, 0.25) is 0 Å². The van der Waals surface area contributed by atoms with E-state index in [0.717, 1.165) is 17.0 Å². The SMILES string of the molecule is CC(CCCO)NC(=O)c1csc(-c2ccoc2)n1. The lowest BCUT2D eigenvalue weighted by atomic mass is 10.2. The molecule has 2 rings (SSSR count). The molecule has 5 nitrogen and oxygen atoms in total. The van der Waals surface area contributed by atoms with Crippen molar-refractivity contribution in [2.45, 2.75) is 25.8 Å². The lowest BCUT2D eigenvalue weighted by Crippen LogP contribution is -2.32. The molecule has 0 aromatic carbocycles. The van der Waals surface area contributed by atoms with Crippen molar-refractivity contribution in [3.8, 4) is 10.6 Å². The maximum Gasteiger partial charge on any atom is 0.270 e. The molecule has 2 aromatic rings. The fourth-order valence-corrected chi connectivity index (χ4v) is 2.45. The van der Waals surface area contributed by atoms with Gasteiger partial charge in [-0.1, -0.05) is 0 Å². The second-order valence-corrected chi connectivity index (χ2v) is 5.15. The lowest BCUT2D eigenvalue weighted by Gasteiger charge is -2.11. The second kappa shape index (κ2) is 6.49. The van der Waals surface area contributed by atoms with Gasteiger partial charge in [0.1, 0.15) is 17.0 Å². The number of aromatic nitrogens is 1. The number of aliphatic hydroxyl groups excluding tert-OH is 1. The Morgan fingerprint density at radius 1 is 1.63 bits per heavy atom. The van der Waals surface area contributed by atoms with E-state index < -0.39 is 0 Å². The maximum atomic E-state index is 11.9. The molecule has 1 atom stereocenters. The molecule has 0 aliphatic carbocycles. The first-order valence-electron chi connectivity index (χ1n) is 6.10. The van der Waals surface area contributed by atoms with E-state index in [1.165, 1.54) is 11.3 Å². The molecule has 0 spiro atoms. The molecule has 0 saturated heterocycles. The van der Waals surface area contributed by atoms with Crippen LogP contribution in [0.5, 0.6) is 0 Å². The highest BCUT2D eigenvalue weighted by Crippen LogP contribution is 2.23. The molecule has 0 radical (unpaired) electrons. The number of rotatable bonds is 6. The van der Waals surface area contributed by atoms with Crippen molar-refractivity contribution < 1.29 is 14.3 Å². The van der Waals surface area contributed by atoms with Crippen LogP contribution in [0, 0.1) is 0 Å². The second-order valence-electron chi connectivity index (χ2n) is 4.29. The monoisotopic (exact) mass is 280 g/mol. The number of thiazole rings is 1. The van der Waals surface area contributed by atoms with Crippen LogP contribution in [0.2, 0.25) is 0 Å². The van der Waals surface area contributed by atoms with Crippen LogP contribution in [0.1, 0.15) is 30.3 Å². The van der Waals surface area contributed by atoms with E-state index in [-0.39, 0.29) is 18.6 Å². The van der Waals surface area contributed by atoms with E-state index in [4.69, 9.17) is 9.52 Å². The number of carbonyl (C=O) groups excluding carboxylic acids is 1. The standard InChI is InChI=1S/C13H16N2O3S/c1-9(3-2-5-16)14-12(17)11-8-19-13(15-11)10-4-6-18-7-10/h4,6-9,16H,2-3,5H2,1H3,(H,14,17). The summed E-state index contributed by atoms with van der Waals surface area (Å²) in [6.45, 7) is 2.05. The van der Waals surface area contributed by atoms with Crippen LogP contribution in [-0.2, 0) is 0 Å². The van der Waals surface area contributed by atoms with Crippen molar-refractivity contribution in [3.63, 3.8) is 0 Å². The highest BCUT2D eigenvalue weighted by Gasteiger charge is 2.14. The Kier molecular flexibility index (Phi) is 4.70. The third-order valence-electron chi connectivity index (χ3n) is 2.68. The van der Waals surface area contributed by atoms with Gasteiger partial charge in [-0.05, 0) is 25.8 Å². The third kappa shape index (κ3) is 3.65. The summed E-state index contributed by atoms with van der Waals surface area (Å²) in [6, 6.07) is 1.84. The van der Waals surface area contributed by atoms with Crippen LogP contribution in [0.3, 0.4) is 0 Å². The molecule has 2 N–H and O–H groups in total. The Bertz CT molecular complexity index is 522. The smallest absolute Gasteiger partial charge is 0.270 e. The van der Waals surface area contributed by atoms with Gasteiger partial charge in [0, 0.05) is 23.6 Å². The van der Waals surface area contributed by atoms with Crippen molar-refractivity contribution in [1.29, 1.82) is 0 Å². The molecule has 2 heterocycles. The van der Waals surface area contributed by atoms with Crippen LogP contribution in [0.15, 0.2) is 28.4 Å². The van der Waals surface area contributed by atoms with Crippen LogP contribution in [0.25, 0.3) is 10.6 Å². The number of hydrogen-bond donors (Lipinski definition) is 2. The predicted octanol–water partition coefficient (Wildman–Crippen LogP) is 2.29. The van der Waals surface area contributed by atoms with E-state index in [0.29, 0.717) is 12.1 Å². The zero-order valence-electron chi connectivity index (χ0n) is 10.6. The Morgan fingerprint density at radius 2 is 2.47 bits per heavy atom. The normalized spacial score (nSPS) is 12.3. The van der Waals surface area contributed by atoms with Gasteiger partial charge in [-0.15, -0.1) is 11.3 Å². The minimum absolute atomic E-state index is 0.0266. The first-order chi connectivity index (χ1) is 9.20. The Balaban J connectivity index is 1.96. The molecule has 0 fully saturated rings. The maximum absolute atomic E-state index is 11.9. The number of nitrogens with zero attached hydrogens (tertiary/aromatic N) is 1. The molecule has 0 bridgehead atoms. The van der Waals surface area contributed by atoms with Crippen LogP contribution in [-0.4, -0.2) is 28.6 Å². The highest BCUT2D eigenvalue weighted by molar-refractivity contribution is 7.13. The average Bonchev–Trinajstić information content (AvgIpc) is 3.05. The number of amides is 1. The fraction of sp³-hybridized carbons (Fsp3) is 0.385. The summed E-state index contributed by atoms with van der Waals surface area (Å²) in [6.07, 6.45) is 4.61. The van der Waals surface area contributed by atoms with Gasteiger partial charge >= 0.3 is 0 Å². The van der Waals surface area contributed by atoms with E-state index in [1.807, 2.05) is 13.0 Å². The average molecular weight is 280 g/mol. The number of furan rings is 1. The summed E-state index contributed by atoms with van der Waals surface area (Å²) in [5.41, 5.74) is 1.29. The zero-order valence-corrected chi connectivity index (χ0v) is 11.4. The van der Waals surface area contributed by atoms with E-state index in [9.17, 15) is 4.79 Å². The van der Waals surface area contributed by atoms with Crippen molar-refractivity contribution in [3.05, 3.63) is 29.7 Å². The quantitative estimate of drug-likeness (QED) is 0.851. The molecule has 1 unspecified atom stereocenters.